The van der Waals surface area contributed by atoms with Gasteiger partial charge in [-0.2, -0.15) is 0 Å². The molecule has 28 heavy (non-hydrogen) atoms. The molecule has 7 nitrogen and oxygen atoms in total. The highest BCUT2D eigenvalue weighted by Crippen LogP contribution is 2.19. The molecule has 0 bridgehead atoms. The standard InChI is InChI=1S/C21H33N5O2/c1-3-4-14-23-21(28)26(15-10-6-5-9-13-22)16(2)19-24-18-12-8-7-11-17(18)20(27)25-19/h7-8,11-12,16H,3-6,9-10,13-15,22H2,1-2H3,(H,23,28)(H,24,25,27). The van der Waals surface area contributed by atoms with Gasteiger partial charge in [-0.3, -0.25) is 4.79 Å². The largest absolute Gasteiger partial charge is 0.338 e. The van der Waals surface area contributed by atoms with E-state index in [2.05, 4.69) is 22.2 Å². The Bertz CT molecular complexity index is 805. The number of rotatable bonds is 11. The van der Waals surface area contributed by atoms with Crippen molar-refractivity contribution in [3.05, 3.63) is 40.4 Å². The summed E-state index contributed by atoms with van der Waals surface area (Å²) in [5.41, 5.74) is 6.02. The molecule has 0 aliphatic rings. The van der Waals surface area contributed by atoms with Gasteiger partial charge in [-0.25, -0.2) is 9.78 Å². The van der Waals surface area contributed by atoms with E-state index in [4.69, 9.17) is 5.73 Å². The predicted molar refractivity (Wildman–Crippen MR) is 113 cm³/mol. The monoisotopic (exact) mass is 387 g/mol. The van der Waals surface area contributed by atoms with E-state index >= 15 is 0 Å². The number of hydrogen-bond donors (Lipinski definition) is 3. The molecule has 1 aromatic heterocycles. The first-order valence-electron chi connectivity index (χ1n) is 10.3. The van der Waals surface area contributed by atoms with Gasteiger partial charge in [-0.1, -0.05) is 38.3 Å². The van der Waals surface area contributed by atoms with Crippen molar-refractivity contribution in [1.29, 1.82) is 0 Å². The Kier molecular flexibility index (Phi) is 8.94. The predicted octanol–water partition coefficient (Wildman–Crippen LogP) is 3.31. The van der Waals surface area contributed by atoms with Gasteiger partial charge in [0.05, 0.1) is 16.9 Å². The number of nitrogens with zero attached hydrogens (tertiary/aromatic N) is 2. The maximum atomic E-state index is 12.8. The molecule has 1 heterocycles. The number of carbonyl (C=O) groups is 1. The van der Waals surface area contributed by atoms with E-state index in [9.17, 15) is 9.59 Å². The second kappa shape index (κ2) is 11.4. The molecule has 1 atom stereocenters. The third kappa shape index (κ3) is 6.05. The van der Waals surface area contributed by atoms with Gasteiger partial charge in [-0.05, 0) is 44.9 Å². The van der Waals surface area contributed by atoms with Gasteiger partial charge in [0.15, 0.2) is 0 Å². The molecule has 0 aliphatic carbocycles. The van der Waals surface area contributed by atoms with Gasteiger partial charge in [0, 0.05) is 13.1 Å². The van der Waals surface area contributed by atoms with E-state index < -0.39 is 0 Å². The number of urea groups is 1. The van der Waals surface area contributed by atoms with Crippen LogP contribution in [0.25, 0.3) is 10.9 Å². The minimum absolute atomic E-state index is 0.115. The van der Waals surface area contributed by atoms with Crippen LogP contribution in [0.3, 0.4) is 0 Å². The molecule has 7 heteroatoms. The molecular weight excluding hydrogens is 354 g/mol. The lowest BCUT2D eigenvalue weighted by molar-refractivity contribution is 0.174. The zero-order chi connectivity index (χ0) is 20.4. The second-order valence-electron chi connectivity index (χ2n) is 7.13. The van der Waals surface area contributed by atoms with Crippen molar-refractivity contribution in [3.8, 4) is 0 Å². The summed E-state index contributed by atoms with van der Waals surface area (Å²) < 4.78 is 0. The molecule has 2 rings (SSSR count). The van der Waals surface area contributed by atoms with Crippen LogP contribution in [-0.2, 0) is 0 Å². The Morgan fingerprint density at radius 3 is 2.71 bits per heavy atom. The van der Waals surface area contributed by atoms with Crippen LogP contribution in [0.2, 0.25) is 0 Å². The van der Waals surface area contributed by atoms with Crippen molar-refractivity contribution in [3.63, 3.8) is 0 Å². The van der Waals surface area contributed by atoms with E-state index in [1.807, 2.05) is 25.1 Å². The van der Waals surface area contributed by atoms with Crippen LogP contribution in [0.15, 0.2) is 29.1 Å². The smallest absolute Gasteiger partial charge is 0.318 e. The number of nitrogens with two attached hydrogens (primary N) is 1. The maximum Gasteiger partial charge on any atom is 0.318 e. The van der Waals surface area contributed by atoms with E-state index in [0.29, 0.717) is 36.4 Å². The molecule has 0 fully saturated rings. The molecular formula is C21H33N5O2. The Hall–Kier alpha value is -2.41. The topological polar surface area (TPSA) is 104 Å². The number of amides is 2. The number of unbranched alkanes of at least 4 members (excludes halogenated alkanes) is 4. The summed E-state index contributed by atoms with van der Waals surface area (Å²) in [6, 6.07) is 6.80. The lowest BCUT2D eigenvalue weighted by Gasteiger charge is -2.29. The summed E-state index contributed by atoms with van der Waals surface area (Å²) in [4.78, 5) is 34.4. The molecule has 0 spiro atoms. The van der Waals surface area contributed by atoms with Crippen LogP contribution in [0.4, 0.5) is 4.79 Å². The Labute approximate surface area is 166 Å². The Balaban J connectivity index is 2.17. The first-order valence-corrected chi connectivity index (χ1v) is 10.3. The van der Waals surface area contributed by atoms with Crippen molar-refractivity contribution >= 4 is 16.9 Å². The van der Waals surface area contributed by atoms with Crippen LogP contribution in [0.1, 0.15) is 64.2 Å². The number of aromatic nitrogens is 2. The quantitative estimate of drug-likeness (QED) is 0.514. The van der Waals surface area contributed by atoms with E-state index in [1.165, 1.54) is 0 Å². The lowest BCUT2D eigenvalue weighted by Crippen LogP contribution is -2.43. The summed E-state index contributed by atoms with van der Waals surface area (Å²) in [6.45, 7) is 5.95. The van der Waals surface area contributed by atoms with Gasteiger partial charge in [0.1, 0.15) is 5.82 Å². The van der Waals surface area contributed by atoms with Crippen LogP contribution in [0, 0.1) is 0 Å². The summed E-state index contributed by atoms with van der Waals surface area (Å²) in [5.74, 6) is 0.510. The Morgan fingerprint density at radius 2 is 1.96 bits per heavy atom. The highest BCUT2D eigenvalue weighted by molar-refractivity contribution is 5.77. The number of carbonyl (C=O) groups excluding carboxylic acids is 1. The molecule has 0 radical (unpaired) electrons. The molecule has 0 saturated heterocycles. The SMILES string of the molecule is CCCCNC(=O)N(CCCCCCN)C(C)c1nc2ccccc2c(=O)[nH]1. The minimum Gasteiger partial charge on any atom is -0.338 e. The van der Waals surface area contributed by atoms with Crippen LogP contribution in [-0.4, -0.2) is 40.5 Å². The first kappa shape index (κ1) is 21.9. The van der Waals surface area contributed by atoms with Gasteiger partial charge >= 0.3 is 6.03 Å². The molecule has 1 unspecified atom stereocenters. The van der Waals surface area contributed by atoms with Crippen LogP contribution >= 0.6 is 0 Å². The molecule has 2 aromatic rings. The fourth-order valence-electron chi connectivity index (χ4n) is 3.17. The summed E-state index contributed by atoms with van der Waals surface area (Å²) in [6.07, 6.45) is 5.93. The number of para-hydroxylation sites is 1. The van der Waals surface area contributed by atoms with Gasteiger partial charge in [0.25, 0.3) is 5.56 Å². The maximum absolute atomic E-state index is 12.8. The molecule has 4 N–H and O–H groups in total. The zero-order valence-corrected chi connectivity index (χ0v) is 17.0. The summed E-state index contributed by atoms with van der Waals surface area (Å²) in [7, 11) is 0. The van der Waals surface area contributed by atoms with E-state index in [1.54, 1.807) is 11.0 Å². The average Bonchev–Trinajstić information content (AvgIpc) is 2.70. The van der Waals surface area contributed by atoms with Gasteiger partial charge in [0.2, 0.25) is 0 Å². The van der Waals surface area contributed by atoms with Crippen molar-refractivity contribution in [2.24, 2.45) is 5.73 Å². The van der Waals surface area contributed by atoms with Crippen molar-refractivity contribution in [1.82, 2.24) is 20.2 Å². The number of aromatic amines is 1. The highest BCUT2D eigenvalue weighted by atomic mass is 16.2. The molecule has 2 amide bonds. The third-order valence-electron chi connectivity index (χ3n) is 4.91. The fourth-order valence-corrected chi connectivity index (χ4v) is 3.17. The fraction of sp³-hybridized carbons (Fsp3) is 0.571. The van der Waals surface area contributed by atoms with E-state index in [-0.39, 0.29) is 17.6 Å². The number of H-pyrrole nitrogens is 1. The van der Waals surface area contributed by atoms with Crippen LogP contribution < -0.4 is 16.6 Å². The van der Waals surface area contributed by atoms with Crippen molar-refractivity contribution in [2.45, 2.75) is 58.4 Å². The summed E-state index contributed by atoms with van der Waals surface area (Å²) in [5, 5.41) is 3.54. The minimum atomic E-state index is -0.326. The lowest BCUT2D eigenvalue weighted by atomic mass is 10.1. The highest BCUT2D eigenvalue weighted by Gasteiger charge is 2.23. The van der Waals surface area contributed by atoms with Crippen LogP contribution in [0.5, 0.6) is 0 Å². The Morgan fingerprint density at radius 1 is 1.21 bits per heavy atom. The number of hydrogen-bond acceptors (Lipinski definition) is 4. The van der Waals surface area contributed by atoms with Gasteiger partial charge in [-0.15, -0.1) is 0 Å². The van der Waals surface area contributed by atoms with Gasteiger partial charge < -0.3 is 20.9 Å². The van der Waals surface area contributed by atoms with E-state index in [0.717, 1.165) is 38.5 Å². The molecule has 1 aromatic carbocycles. The summed E-state index contributed by atoms with van der Waals surface area (Å²) >= 11 is 0. The second-order valence-corrected chi connectivity index (χ2v) is 7.13. The number of fused-ring (bicyclic) bond motifs is 1. The molecule has 0 saturated carbocycles. The normalized spacial score (nSPS) is 12.1. The molecule has 0 aliphatic heterocycles. The average molecular weight is 388 g/mol. The zero-order valence-electron chi connectivity index (χ0n) is 17.0. The first-order chi connectivity index (χ1) is 13.6. The molecule has 154 valence electrons. The van der Waals surface area contributed by atoms with Crippen molar-refractivity contribution < 1.29 is 4.79 Å². The number of benzene rings is 1. The number of nitrogens with one attached hydrogen (secondary N) is 2. The van der Waals surface area contributed by atoms with Crippen molar-refractivity contribution in [2.75, 3.05) is 19.6 Å². The third-order valence-corrected chi connectivity index (χ3v) is 4.91.